The average Bonchev–Trinajstić information content (AvgIpc) is 3.59. The van der Waals surface area contributed by atoms with Crippen LogP contribution in [-0.4, -0.2) is 55.0 Å². The molecule has 1 heterocycles. The summed E-state index contributed by atoms with van der Waals surface area (Å²) in [5, 5.41) is 15.0. The number of rotatable bonds is 7. The van der Waals surface area contributed by atoms with Gasteiger partial charge in [-0.05, 0) is 47.4 Å². The maximum absolute atomic E-state index is 12.9. The van der Waals surface area contributed by atoms with E-state index in [4.69, 9.17) is 9.47 Å². The van der Waals surface area contributed by atoms with Gasteiger partial charge < -0.3 is 25.2 Å². The quantitative estimate of drug-likeness (QED) is 0.563. The second-order valence-electron chi connectivity index (χ2n) is 9.54. The van der Waals surface area contributed by atoms with Gasteiger partial charge in [0.2, 0.25) is 5.91 Å². The molecule has 8 nitrogen and oxygen atoms in total. The first-order valence-electron chi connectivity index (χ1n) is 12.3. The summed E-state index contributed by atoms with van der Waals surface area (Å²) in [7, 11) is 0. The monoisotopic (exact) mass is 478 g/mol. The summed E-state index contributed by atoms with van der Waals surface area (Å²) in [5.41, 5.74) is 4.67. The molecule has 0 radical (unpaired) electrons. The largest absolute Gasteiger partial charge is 0.479 e. The first-order valence-corrected chi connectivity index (χ1v) is 12.3. The standard InChI is InChI=1S/C27H30N2O6/c30-25(29-23-12-13-34-24(23)26(31)32)17-11-5-6-16(17)14-28-27(33)35-15-22-20-9-3-1-7-18(20)19-8-2-4-10-21(19)22/h1-4,7-10,16-17,22-24H,5-6,11-15H2,(H,28,33)(H,29,30)(H,31,32)/t16-,17-,23+,24-/m0/s1. The Kier molecular flexibility index (Phi) is 6.72. The van der Waals surface area contributed by atoms with Crippen molar-refractivity contribution in [2.24, 2.45) is 11.8 Å². The van der Waals surface area contributed by atoms with E-state index in [1.807, 2.05) is 24.3 Å². The molecule has 2 amide bonds. The highest BCUT2D eigenvalue weighted by molar-refractivity contribution is 5.82. The number of hydrogen-bond donors (Lipinski definition) is 3. The Morgan fingerprint density at radius 2 is 1.66 bits per heavy atom. The fourth-order valence-electron chi connectivity index (χ4n) is 5.76. The minimum Gasteiger partial charge on any atom is -0.479 e. The second-order valence-corrected chi connectivity index (χ2v) is 9.54. The topological polar surface area (TPSA) is 114 Å². The van der Waals surface area contributed by atoms with Gasteiger partial charge in [0.05, 0.1) is 6.04 Å². The Morgan fingerprint density at radius 1 is 0.971 bits per heavy atom. The molecule has 1 aliphatic heterocycles. The summed E-state index contributed by atoms with van der Waals surface area (Å²) < 4.78 is 10.8. The molecule has 4 atom stereocenters. The summed E-state index contributed by atoms with van der Waals surface area (Å²) in [6, 6.07) is 15.9. The zero-order chi connectivity index (χ0) is 24.4. The van der Waals surface area contributed by atoms with Gasteiger partial charge in [-0.25, -0.2) is 9.59 Å². The van der Waals surface area contributed by atoms with Gasteiger partial charge in [0.25, 0.3) is 0 Å². The zero-order valence-corrected chi connectivity index (χ0v) is 19.4. The van der Waals surface area contributed by atoms with Crippen LogP contribution in [-0.2, 0) is 19.1 Å². The van der Waals surface area contributed by atoms with E-state index in [1.54, 1.807) is 0 Å². The number of amides is 2. The van der Waals surface area contributed by atoms with Crippen molar-refractivity contribution < 1.29 is 29.0 Å². The van der Waals surface area contributed by atoms with Crippen molar-refractivity contribution in [1.29, 1.82) is 0 Å². The Labute approximate surface area is 204 Å². The lowest BCUT2D eigenvalue weighted by Gasteiger charge is -2.23. The zero-order valence-electron chi connectivity index (χ0n) is 19.4. The molecule has 0 spiro atoms. The Bertz CT molecular complexity index is 1070. The molecule has 1 saturated carbocycles. The van der Waals surface area contributed by atoms with Gasteiger partial charge >= 0.3 is 12.1 Å². The number of carbonyl (C=O) groups excluding carboxylic acids is 2. The van der Waals surface area contributed by atoms with Crippen LogP contribution >= 0.6 is 0 Å². The molecule has 0 unspecified atom stereocenters. The molecule has 2 aliphatic carbocycles. The van der Waals surface area contributed by atoms with E-state index < -0.39 is 24.2 Å². The molecule has 3 N–H and O–H groups in total. The first-order chi connectivity index (χ1) is 17.0. The first kappa shape index (κ1) is 23.4. The fourth-order valence-corrected chi connectivity index (χ4v) is 5.76. The summed E-state index contributed by atoms with van der Waals surface area (Å²) in [6.45, 7) is 0.907. The van der Waals surface area contributed by atoms with Crippen LogP contribution in [0.2, 0.25) is 0 Å². The number of nitrogens with one attached hydrogen (secondary N) is 2. The normalized spacial score (nSPS) is 25.0. The lowest BCUT2D eigenvalue weighted by Crippen LogP contribution is -2.47. The van der Waals surface area contributed by atoms with Crippen LogP contribution in [0.15, 0.2) is 48.5 Å². The lowest BCUT2D eigenvalue weighted by molar-refractivity contribution is -0.148. The predicted octanol–water partition coefficient (Wildman–Crippen LogP) is 3.30. The molecule has 35 heavy (non-hydrogen) atoms. The highest BCUT2D eigenvalue weighted by Gasteiger charge is 2.39. The van der Waals surface area contributed by atoms with E-state index in [-0.39, 0.29) is 30.3 Å². The molecule has 184 valence electrons. The number of ether oxygens (including phenoxy) is 2. The smallest absolute Gasteiger partial charge is 0.407 e. The van der Waals surface area contributed by atoms with Crippen molar-refractivity contribution in [2.75, 3.05) is 19.8 Å². The minimum atomic E-state index is -1.06. The molecule has 3 aliphatic rings. The van der Waals surface area contributed by atoms with Crippen molar-refractivity contribution in [3.63, 3.8) is 0 Å². The van der Waals surface area contributed by atoms with Crippen LogP contribution in [0, 0.1) is 11.8 Å². The fraction of sp³-hybridized carbons (Fsp3) is 0.444. The number of carboxylic acid groups (broad SMARTS) is 1. The number of hydrogen-bond acceptors (Lipinski definition) is 5. The Morgan fingerprint density at radius 3 is 2.34 bits per heavy atom. The molecule has 0 bridgehead atoms. The summed E-state index contributed by atoms with van der Waals surface area (Å²) in [4.78, 5) is 36.7. The van der Waals surface area contributed by atoms with Gasteiger partial charge in [0, 0.05) is 25.0 Å². The molecule has 2 aromatic carbocycles. The third-order valence-corrected chi connectivity index (χ3v) is 7.51. The number of carboxylic acids is 1. The predicted molar refractivity (Wildman–Crippen MR) is 128 cm³/mol. The van der Waals surface area contributed by atoms with Crippen LogP contribution in [0.3, 0.4) is 0 Å². The molecule has 1 saturated heterocycles. The summed E-state index contributed by atoms with van der Waals surface area (Å²) in [5.74, 6) is -1.51. The lowest BCUT2D eigenvalue weighted by atomic mass is 9.94. The van der Waals surface area contributed by atoms with E-state index in [0.717, 1.165) is 24.0 Å². The Hall–Kier alpha value is -3.39. The van der Waals surface area contributed by atoms with Gasteiger partial charge in [0.15, 0.2) is 6.10 Å². The molecular weight excluding hydrogens is 448 g/mol. The van der Waals surface area contributed by atoms with Gasteiger partial charge in [-0.1, -0.05) is 55.0 Å². The van der Waals surface area contributed by atoms with E-state index in [9.17, 15) is 19.5 Å². The molecule has 8 heteroatoms. The second kappa shape index (κ2) is 10.1. The van der Waals surface area contributed by atoms with E-state index in [2.05, 4.69) is 34.9 Å². The van der Waals surface area contributed by atoms with Gasteiger partial charge in [0.1, 0.15) is 6.61 Å². The molecule has 0 aromatic heterocycles. The van der Waals surface area contributed by atoms with Crippen molar-refractivity contribution in [3.8, 4) is 11.1 Å². The summed E-state index contributed by atoms with van der Waals surface area (Å²) in [6.07, 6.45) is 1.42. The Balaban J connectivity index is 1.14. The summed E-state index contributed by atoms with van der Waals surface area (Å²) >= 11 is 0. The molecule has 2 fully saturated rings. The average molecular weight is 479 g/mol. The molecular formula is C27H30N2O6. The number of benzene rings is 2. The SMILES string of the molecule is O=C(NC[C@@H]1CCC[C@@H]1C(=O)N[C@@H]1CCO[C@@H]1C(=O)O)OCC1c2ccccc2-c2ccccc21. The number of fused-ring (bicyclic) bond motifs is 3. The maximum Gasteiger partial charge on any atom is 0.407 e. The van der Waals surface area contributed by atoms with Gasteiger partial charge in [-0.3, -0.25) is 4.79 Å². The van der Waals surface area contributed by atoms with Gasteiger partial charge in [-0.15, -0.1) is 0 Å². The number of carbonyl (C=O) groups is 3. The van der Waals surface area contributed by atoms with Crippen LogP contribution in [0.25, 0.3) is 11.1 Å². The van der Waals surface area contributed by atoms with E-state index in [0.29, 0.717) is 26.0 Å². The maximum atomic E-state index is 12.9. The highest BCUT2D eigenvalue weighted by Crippen LogP contribution is 2.44. The van der Waals surface area contributed by atoms with Gasteiger partial charge in [-0.2, -0.15) is 0 Å². The number of aliphatic carboxylic acids is 1. The third-order valence-electron chi connectivity index (χ3n) is 7.51. The highest BCUT2D eigenvalue weighted by atomic mass is 16.5. The van der Waals surface area contributed by atoms with Crippen LogP contribution < -0.4 is 10.6 Å². The van der Waals surface area contributed by atoms with Crippen molar-refractivity contribution in [2.45, 2.75) is 43.7 Å². The van der Waals surface area contributed by atoms with E-state index >= 15 is 0 Å². The molecule has 5 rings (SSSR count). The third kappa shape index (κ3) is 4.75. The van der Waals surface area contributed by atoms with Crippen molar-refractivity contribution in [3.05, 3.63) is 59.7 Å². The van der Waals surface area contributed by atoms with Crippen LogP contribution in [0.5, 0.6) is 0 Å². The van der Waals surface area contributed by atoms with Crippen LogP contribution in [0.4, 0.5) is 4.79 Å². The van der Waals surface area contributed by atoms with Crippen molar-refractivity contribution >= 4 is 18.0 Å². The number of alkyl carbamates (subject to hydrolysis) is 1. The minimum absolute atomic E-state index is 0.00558. The van der Waals surface area contributed by atoms with E-state index in [1.165, 1.54) is 11.1 Å². The molecule has 2 aromatic rings. The van der Waals surface area contributed by atoms with Crippen molar-refractivity contribution in [1.82, 2.24) is 10.6 Å². The van der Waals surface area contributed by atoms with Crippen LogP contribution in [0.1, 0.15) is 42.7 Å².